The van der Waals surface area contributed by atoms with Gasteiger partial charge in [-0.25, -0.2) is 9.36 Å². The van der Waals surface area contributed by atoms with E-state index in [4.69, 9.17) is 37.7 Å². The average molecular weight is 714 g/mol. The number of methoxy groups -OCH3 is 2. The predicted molar refractivity (Wildman–Crippen MR) is 162 cm³/mol. The van der Waals surface area contributed by atoms with Crippen LogP contribution >= 0.6 is 7.82 Å². The molecule has 1 heterocycles. The molecule has 19 nitrogen and oxygen atoms in total. The molecule has 0 aromatic carbocycles. The molecule has 2 unspecified atom stereocenters. The summed E-state index contributed by atoms with van der Waals surface area (Å²) in [6.07, 6.45) is -5.19. The molecule has 1 aliphatic carbocycles. The van der Waals surface area contributed by atoms with Crippen LogP contribution in [0.2, 0.25) is 0 Å². The van der Waals surface area contributed by atoms with E-state index in [1.165, 1.54) is 28.1 Å². The lowest BCUT2D eigenvalue weighted by Gasteiger charge is -2.44. The van der Waals surface area contributed by atoms with E-state index < -0.39 is 86.6 Å². The van der Waals surface area contributed by atoms with Crippen molar-refractivity contribution in [3.8, 4) is 0 Å². The van der Waals surface area contributed by atoms with Crippen LogP contribution < -0.4 is 16.0 Å². The first-order valence-corrected chi connectivity index (χ1v) is 16.8. The predicted octanol–water partition coefficient (Wildman–Crippen LogP) is -0.0796. The third-order valence-electron chi connectivity index (χ3n) is 7.41. The Kier molecular flexibility index (Phi) is 17.1. The van der Waals surface area contributed by atoms with Gasteiger partial charge in [-0.1, -0.05) is 0 Å². The van der Waals surface area contributed by atoms with Gasteiger partial charge < -0.3 is 54.0 Å². The van der Waals surface area contributed by atoms with Gasteiger partial charge >= 0.3 is 31.8 Å². The minimum atomic E-state index is -4.34. The highest BCUT2D eigenvalue weighted by atomic mass is 31.2. The number of carbonyl (C=O) groups is 5. The standard InChI is InChI=1S/C28H48N3O16P/c1-15(32)30-22-26(45-18(4)35)25(44-17(3)34)21(14-43-16(2)33)46-27(22)42-11-9-8-10-29-28(36)31-20-12-19(13-39-5)23(24(20)40-6)47-48(37,38)41-7/h19-27H,8-14H2,1-7H3,(H,30,32)(H,37,38)(H2,29,31,36)/t19-,20+,21-,22-,23?,24-,25+,26-,27-/m1/s1. The van der Waals surface area contributed by atoms with Crippen LogP contribution in [-0.4, -0.2) is 131 Å². The molecule has 0 bridgehead atoms. The Bertz CT molecular complexity index is 1140. The Hall–Kier alpha value is -2.90. The Balaban J connectivity index is 1.98. The quantitative estimate of drug-likeness (QED) is 0.0628. The van der Waals surface area contributed by atoms with Crippen molar-refractivity contribution in [1.82, 2.24) is 16.0 Å². The first-order valence-electron chi connectivity index (χ1n) is 15.3. The number of urea groups is 1. The highest BCUT2D eigenvalue weighted by Crippen LogP contribution is 2.48. The van der Waals surface area contributed by atoms with Crippen molar-refractivity contribution in [2.75, 3.05) is 47.7 Å². The Morgan fingerprint density at radius 1 is 0.854 bits per heavy atom. The molecule has 2 fully saturated rings. The van der Waals surface area contributed by atoms with Crippen molar-refractivity contribution in [3.05, 3.63) is 0 Å². The van der Waals surface area contributed by atoms with Gasteiger partial charge in [0.2, 0.25) is 5.91 Å². The number of carbonyl (C=O) groups excluding carboxylic acids is 5. The van der Waals surface area contributed by atoms with E-state index in [0.717, 1.165) is 21.0 Å². The number of hydrogen-bond acceptors (Lipinski definition) is 15. The van der Waals surface area contributed by atoms with Gasteiger partial charge in [-0.15, -0.1) is 0 Å². The first-order chi connectivity index (χ1) is 22.6. The second kappa shape index (κ2) is 19.9. The highest BCUT2D eigenvalue weighted by Gasteiger charge is 2.51. The number of phosphoric ester groups is 1. The summed E-state index contributed by atoms with van der Waals surface area (Å²) in [5.74, 6) is -2.93. The fourth-order valence-corrected chi connectivity index (χ4v) is 6.22. The summed E-state index contributed by atoms with van der Waals surface area (Å²) < 4.78 is 60.4. The molecule has 48 heavy (non-hydrogen) atoms. The van der Waals surface area contributed by atoms with Crippen molar-refractivity contribution < 1.29 is 75.6 Å². The molecule has 0 radical (unpaired) electrons. The van der Waals surface area contributed by atoms with E-state index in [-0.39, 0.29) is 32.3 Å². The highest BCUT2D eigenvalue weighted by molar-refractivity contribution is 7.47. The van der Waals surface area contributed by atoms with Gasteiger partial charge in [0.1, 0.15) is 31.0 Å². The Morgan fingerprint density at radius 3 is 2.08 bits per heavy atom. The summed E-state index contributed by atoms with van der Waals surface area (Å²) in [4.78, 5) is 70.0. The number of esters is 3. The summed E-state index contributed by atoms with van der Waals surface area (Å²) >= 11 is 0. The van der Waals surface area contributed by atoms with Crippen molar-refractivity contribution >= 4 is 37.7 Å². The first kappa shape index (κ1) is 41.3. The minimum Gasteiger partial charge on any atom is -0.463 e. The van der Waals surface area contributed by atoms with E-state index in [2.05, 4.69) is 20.5 Å². The lowest BCUT2D eigenvalue weighted by Crippen LogP contribution is -2.66. The lowest BCUT2D eigenvalue weighted by molar-refractivity contribution is -0.277. The maximum absolute atomic E-state index is 12.7. The topological polar surface area (TPSA) is 242 Å². The van der Waals surface area contributed by atoms with E-state index in [9.17, 15) is 33.4 Å². The van der Waals surface area contributed by atoms with Crippen LogP contribution in [0.15, 0.2) is 0 Å². The van der Waals surface area contributed by atoms with Crippen LogP contribution in [0.4, 0.5) is 4.79 Å². The molecule has 3 amide bonds. The van der Waals surface area contributed by atoms with Crippen molar-refractivity contribution in [2.45, 2.75) is 95.9 Å². The number of ether oxygens (including phenoxy) is 7. The molecule has 1 saturated carbocycles. The summed E-state index contributed by atoms with van der Waals surface area (Å²) in [6.45, 7) is 4.85. The van der Waals surface area contributed by atoms with Gasteiger partial charge in [0.05, 0.1) is 12.6 Å². The summed E-state index contributed by atoms with van der Waals surface area (Å²) in [7, 11) is -0.422. The van der Waals surface area contributed by atoms with Crippen LogP contribution in [0.1, 0.15) is 47.0 Å². The van der Waals surface area contributed by atoms with E-state index >= 15 is 0 Å². The third-order valence-corrected chi connectivity index (χ3v) is 8.38. The summed E-state index contributed by atoms with van der Waals surface area (Å²) in [5, 5.41) is 8.16. The van der Waals surface area contributed by atoms with E-state index in [1.54, 1.807) is 0 Å². The molecule has 0 aromatic heterocycles. The molecular formula is C28H48N3O16P. The van der Waals surface area contributed by atoms with Crippen molar-refractivity contribution in [3.63, 3.8) is 0 Å². The SMILES string of the molecule is COC[C@H]1C[C@H](NC(=O)NCCCCO[C@@H]2O[C@H](COC(C)=O)[C@H](OC(C)=O)[C@H](OC(C)=O)[C@H]2NC(C)=O)[C@@H](OC)C1OP(=O)(O)OC. The van der Waals surface area contributed by atoms with Gasteiger partial charge in [0.25, 0.3) is 0 Å². The Morgan fingerprint density at radius 2 is 1.52 bits per heavy atom. The Labute approximate surface area is 278 Å². The van der Waals surface area contributed by atoms with Crippen molar-refractivity contribution in [2.24, 2.45) is 5.92 Å². The fourth-order valence-electron chi connectivity index (χ4n) is 5.53. The molecule has 0 aromatic rings. The summed E-state index contributed by atoms with van der Waals surface area (Å²) in [5.41, 5.74) is 0. The van der Waals surface area contributed by atoms with Gasteiger partial charge in [0.15, 0.2) is 18.5 Å². The molecule has 10 atom stereocenters. The maximum Gasteiger partial charge on any atom is 0.472 e. The monoisotopic (exact) mass is 713 g/mol. The average Bonchev–Trinajstić information content (AvgIpc) is 3.30. The van der Waals surface area contributed by atoms with Gasteiger partial charge in [0, 0.05) is 68.1 Å². The van der Waals surface area contributed by atoms with Crippen LogP contribution in [0.3, 0.4) is 0 Å². The molecular weight excluding hydrogens is 665 g/mol. The molecule has 2 aliphatic rings. The fraction of sp³-hybridized carbons (Fsp3) is 0.821. The molecule has 1 saturated heterocycles. The third kappa shape index (κ3) is 13.2. The molecule has 276 valence electrons. The smallest absolute Gasteiger partial charge is 0.463 e. The van der Waals surface area contributed by atoms with Crippen LogP contribution in [0.5, 0.6) is 0 Å². The number of unbranched alkanes of at least 4 members (excludes halogenated alkanes) is 1. The van der Waals surface area contributed by atoms with E-state index in [1.807, 2.05) is 0 Å². The van der Waals surface area contributed by atoms with Crippen LogP contribution in [-0.2, 0) is 65.9 Å². The number of amides is 3. The number of phosphoric acid groups is 1. The zero-order valence-corrected chi connectivity index (χ0v) is 29.1. The van der Waals surface area contributed by atoms with Crippen molar-refractivity contribution in [1.29, 1.82) is 0 Å². The van der Waals surface area contributed by atoms with Gasteiger partial charge in [-0.3, -0.25) is 28.2 Å². The largest absolute Gasteiger partial charge is 0.472 e. The number of rotatable bonds is 18. The van der Waals surface area contributed by atoms with Crippen LogP contribution in [0, 0.1) is 5.92 Å². The minimum absolute atomic E-state index is 0.0716. The molecule has 20 heteroatoms. The number of hydrogen-bond donors (Lipinski definition) is 4. The number of nitrogens with one attached hydrogen (secondary N) is 3. The second-order valence-electron chi connectivity index (χ2n) is 11.2. The molecule has 2 rings (SSSR count). The normalized spacial score (nSPS) is 29.6. The van der Waals surface area contributed by atoms with E-state index in [0.29, 0.717) is 19.3 Å². The van der Waals surface area contributed by atoms with Crippen LogP contribution in [0.25, 0.3) is 0 Å². The zero-order valence-electron chi connectivity index (χ0n) is 28.2. The second-order valence-corrected chi connectivity index (χ2v) is 12.7. The summed E-state index contributed by atoms with van der Waals surface area (Å²) in [6, 6.07) is -2.16. The van der Waals surface area contributed by atoms with Gasteiger partial charge in [-0.2, -0.15) is 0 Å². The molecule has 4 N–H and O–H groups in total. The molecule has 0 spiro atoms. The lowest BCUT2D eigenvalue weighted by atomic mass is 9.96. The molecule has 1 aliphatic heterocycles. The maximum atomic E-state index is 12.7. The zero-order chi connectivity index (χ0) is 36.0. The van der Waals surface area contributed by atoms with Gasteiger partial charge in [-0.05, 0) is 19.3 Å².